The first-order chi connectivity index (χ1) is 14.6. The normalized spacial score (nSPS) is 18.5. The molecule has 0 radical (unpaired) electrons. The number of hydrogen-bond acceptors (Lipinski definition) is 5. The number of anilines is 1. The van der Waals surface area contributed by atoms with Gasteiger partial charge in [-0.25, -0.2) is 0 Å². The van der Waals surface area contributed by atoms with Gasteiger partial charge in [0, 0.05) is 22.8 Å². The lowest BCUT2D eigenvalue weighted by Gasteiger charge is -2.38. The second kappa shape index (κ2) is 9.51. The quantitative estimate of drug-likeness (QED) is 0.769. The molecule has 0 saturated carbocycles. The van der Waals surface area contributed by atoms with Crippen molar-refractivity contribution in [3.8, 4) is 5.75 Å². The topological polar surface area (TPSA) is 61.9 Å². The maximum Gasteiger partial charge on any atom is 0.265 e. The molecule has 0 aliphatic carbocycles. The number of rotatable bonds is 6. The van der Waals surface area contributed by atoms with Crippen molar-refractivity contribution in [3.63, 3.8) is 0 Å². The maximum atomic E-state index is 13.0. The van der Waals surface area contributed by atoms with Gasteiger partial charge >= 0.3 is 0 Å². The minimum absolute atomic E-state index is 0.0280. The van der Waals surface area contributed by atoms with E-state index in [9.17, 15) is 9.59 Å². The zero-order valence-corrected chi connectivity index (χ0v) is 18.2. The number of fused-ring (bicyclic) bond motifs is 1. The number of thiophene rings is 1. The van der Waals surface area contributed by atoms with Gasteiger partial charge in [0.2, 0.25) is 5.91 Å². The number of carbonyl (C=O) groups is 2. The van der Waals surface area contributed by atoms with E-state index in [4.69, 9.17) is 4.74 Å². The molecule has 6 nitrogen and oxygen atoms in total. The molecule has 1 aromatic heterocycles. The highest BCUT2D eigenvalue weighted by molar-refractivity contribution is 7.11. The van der Waals surface area contributed by atoms with Gasteiger partial charge in [0.1, 0.15) is 5.75 Å². The predicted octanol–water partition coefficient (Wildman–Crippen LogP) is 3.21. The number of benzene rings is 1. The van der Waals surface area contributed by atoms with Crippen molar-refractivity contribution in [2.24, 2.45) is 0 Å². The van der Waals surface area contributed by atoms with Crippen molar-refractivity contribution in [2.45, 2.75) is 45.3 Å². The van der Waals surface area contributed by atoms with Crippen molar-refractivity contribution < 1.29 is 14.3 Å². The molecule has 160 valence electrons. The number of para-hydroxylation sites is 2. The molecular weight excluding hydrogens is 398 g/mol. The first kappa shape index (κ1) is 20.7. The van der Waals surface area contributed by atoms with E-state index in [0.717, 1.165) is 42.9 Å². The standard InChI is InChI=1S/C23H29N3O3S/c1-2-17-10-11-18(30-17)14-24-22(27)16-26-15-21(23(28)25-12-6-3-7-13-25)29-20-9-5-4-8-19(20)26/h4-5,8-11,21H,2-3,6-7,12-16H2,1H3,(H,24,27). The van der Waals surface area contributed by atoms with Crippen LogP contribution in [0.4, 0.5) is 5.69 Å². The molecule has 2 aliphatic rings. The third-order valence-corrected chi connectivity index (χ3v) is 6.89. The fourth-order valence-electron chi connectivity index (χ4n) is 4.03. The summed E-state index contributed by atoms with van der Waals surface area (Å²) in [5.41, 5.74) is 0.861. The molecule has 7 heteroatoms. The molecular formula is C23H29N3O3S. The Bertz CT molecular complexity index is 891. The Morgan fingerprint density at radius 1 is 1.10 bits per heavy atom. The Hall–Kier alpha value is -2.54. The largest absolute Gasteiger partial charge is 0.477 e. The molecule has 1 N–H and O–H groups in total. The summed E-state index contributed by atoms with van der Waals surface area (Å²) in [6.07, 6.45) is 3.70. The van der Waals surface area contributed by atoms with Crippen LogP contribution in [-0.2, 0) is 22.6 Å². The van der Waals surface area contributed by atoms with Crippen molar-refractivity contribution in [1.29, 1.82) is 0 Å². The van der Waals surface area contributed by atoms with Gasteiger partial charge in [-0.1, -0.05) is 19.1 Å². The number of amides is 2. The number of hydrogen-bond donors (Lipinski definition) is 1. The van der Waals surface area contributed by atoms with Crippen LogP contribution in [0.3, 0.4) is 0 Å². The molecule has 1 aromatic carbocycles. The molecule has 1 atom stereocenters. The Morgan fingerprint density at radius 3 is 2.63 bits per heavy atom. The number of carbonyl (C=O) groups excluding carboxylic acids is 2. The Kier molecular flexibility index (Phi) is 6.57. The molecule has 4 rings (SSSR count). The Labute approximate surface area is 181 Å². The van der Waals surface area contributed by atoms with E-state index < -0.39 is 6.10 Å². The molecule has 2 aromatic rings. The number of nitrogens with zero attached hydrogens (tertiary/aromatic N) is 2. The molecule has 1 unspecified atom stereocenters. The number of piperidine rings is 1. The summed E-state index contributed by atoms with van der Waals surface area (Å²) in [4.78, 5) is 32.0. The number of likely N-dealkylation sites (tertiary alicyclic amines) is 1. The number of ether oxygens (including phenoxy) is 1. The van der Waals surface area contributed by atoms with Crippen LogP contribution in [0, 0.1) is 0 Å². The SMILES string of the molecule is CCc1ccc(CNC(=O)CN2CC(C(=O)N3CCCCC3)Oc3ccccc32)s1. The third-order valence-electron chi connectivity index (χ3n) is 5.66. The van der Waals surface area contributed by atoms with E-state index in [1.54, 1.807) is 11.3 Å². The second-order valence-corrected chi connectivity index (χ2v) is 9.09. The molecule has 1 saturated heterocycles. The van der Waals surface area contributed by atoms with Gasteiger partial charge in [-0.2, -0.15) is 0 Å². The summed E-state index contributed by atoms with van der Waals surface area (Å²) >= 11 is 1.73. The zero-order chi connectivity index (χ0) is 20.9. The van der Waals surface area contributed by atoms with E-state index in [0.29, 0.717) is 18.8 Å². The first-order valence-corrected chi connectivity index (χ1v) is 11.6. The molecule has 2 amide bonds. The molecule has 0 spiro atoms. The van der Waals surface area contributed by atoms with Crippen LogP contribution in [0.1, 0.15) is 35.9 Å². The average molecular weight is 428 g/mol. The van der Waals surface area contributed by atoms with E-state index in [1.807, 2.05) is 34.1 Å². The summed E-state index contributed by atoms with van der Waals surface area (Å²) in [5.74, 6) is 0.639. The molecule has 1 fully saturated rings. The maximum absolute atomic E-state index is 13.0. The van der Waals surface area contributed by atoms with E-state index in [2.05, 4.69) is 24.4 Å². The van der Waals surface area contributed by atoms with E-state index in [1.165, 1.54) is 11.3 Å². The minimum atomic E-state index is -0.574. The van der Waals surface area contributed by atoms with Gasteiger partial charge in [0.25, 0.3) is 5.91 Å². The van der Waals surface area contributed by atoms with Crippen LogP contribution in [0.15, 0.2) is 36.4 Å². The van der Waals surface area contributed by atoms with Crippen LogP contribution in [0.5, 0.6) is 5.75 Å². The molecule has 30 heavy (non-hydrogen) atoms. The highest BCUT2D eigenvalue weighted by atomic mass is 32.1. The summed E-state index contributed by atoms with van der Waals surface area (Å²) in [7, 11) is 0. The van der Waals surface area contributed by atoms with Crippen LogP contribution < -0.4 is 15.0 Å². The lowest BCUT2D eigenvalue weighted by Crippen LogP contribution is -2.53. The van der Waals surface area contributed by atoms with Gasteiger partial charge in [-0.15, -0.1) is 11.3 Å². The van der Waals surface area contributed by atoms with Crippen LogP contribution in [-0.4, -0.2) is 49.0 Å². The number of nitrogens with one attached hydrogen (secondary N) is 1. The fraction of sp³-hybridized carbons (Fsp3) is 0.478. The minimum Gasteiger partial charge on any atom is -0.477 e. The number of aryl methyl sites for hydroxylation is 1. The van der Waals surface area contributed by atoms with Crippen LogP contribution in [0.25, 0.3) is 0 Å². The predicted molar refractivity (Wildman–Crippen MR) is 119 cm³/mol. The highest BCUT2D eigenvalue weighted by Gasteiger charge is 2.34. The van der Waals surface area contributed by atoms with Gasteiger partial charge < -0.3 is 19.9 Å². The van der Waals surface area contributed by atoms with Gasteiger partial charge in [0.05, 0.1) is 25.3 Å². The van der Waals surface area contributed by atoms with Crippen LogP contribution >= 0.6 is 11.3 Å². The Balaban J connectivity index is 1.41. The lowest BCUT2D eigenvalue weighted by molar-refractivity contribution is -0.139. The molecule has 3 heterocycles. The summed E-state index contributed by atoms with van der Waals surface area (Å²) in [5, 5.41) is 3.02. The third kappa shape index (κ3) is 4.78. The van der Waals surface area contributed by atoms with Crippen molar-refractivity contribution in [3.05, 3.63) is 46.2 Å². The molecule has 2 aliphatic heterocycles. The smallest absolute Gasteiger partial charge is 0.265 e. The van der Waals surface area contributed by atoms with Crippen molar-refractivity contribution in [1.82, 2.24) is 10.2 Å². The summed E-state index contributed by atoms with van der Waals surface area (Å²) < 4.78 is 6.04. The van der Waals surface area contributed by atoms with Crippen molar-refractivity contribution in [2.75, 3.05) is 31.1 Å². The van der Waals surface area contributed by atoms with Crippen LogP contribution in [0.2, 0.25) is 0 Å². The fourth-order valence-corrected chi connectivity index (χ4v) is 4.92. The van der Waals surface area contributed by atoms with E-state index >= 15 is 0 Å². The van der Waals surface area contributed by atoms with Gasteiger partial charge in [-0.3, -0.25) is 9.59 Å². The van der Waals surface area contributed by atoms with Gasteiger partial charge in [-0.05, 0) is 49.9 Å². The average Bonchev–Trinajstić information content (AvgIpc) is 3.26. The zero-order valence-electron chi connectivity index (χ0n) is 17.4. The monoisotopic (exact) mass is 427 g/mol. The second-order valence-electron chi connectivity index (χ2n) is 7.84. The van der Waals surface area contributed by atoms with Crippen molar-refractivity contribution >= 4 is 28.8 Å². The molecule has 0 bridgehead atoms. The van der Waals surface area contributed by atoms with Gasteiger partial charge in [0.15, 0.2) is 6.10 Å². The first-order valence-electron chi connectivity index (χ1n) is 10.8. The van der Waals surface area contributed by atoms with E-state index in [-0.39, 0.29) is 18.4 Å². The Morgan fingerprint density at radius 2 is 1.87 bits per heavy atom. The lowest BCUT2D eigenvalue weighted by atomic mass is 10.1. The summed E-state index contributed by atoms with van der Waals surface area (Å²) in [6.45, 7) is 4.84. The highest BCUT2D eigenvalue weighted by Crippen LogP contribution is 2.33. The summed E-state index contributed by atoms with van der Waals surface area (Å²) in [6, 6.07) is 11.8.